The molecule has 8 nitrogen and oxygen atoms in total. The molecule has 154 valence electrons. The van der Waals surface area contributed by atoms with E-state index in [0.717, 1.165) is 4.57 Å². The fourth-order valence-electron chi connectivity index (χ4n) is 2.72. The average molecular weight is 441 g/mol. The predicted octanol–water partition coefficient (Wildman–Crippen LogP) is 1.33. The van der Waals surface area contributed by atoms with Crippen molar-refractivity contribution in [1.82, 2.24) is 18.7 Å². The van der Waals surface area contributed by atoms with E-state index in [0.29, 0.717) is 5.65 Å². The summed E-state index contributed by atoms with van der Waals surface area (Å²) in [4.78, 5) is 29.4. The molecule has 0 bridgehead atoms. The molecule has 3 heterocycles. The van der Waals surface area contributed by atoms with Gasteiger partial charge in [0.25, 0.3) is 11.1 Å². The first-order valence-electron chi connectivity index (χ1n) is 7.73. The maximum atomic E-state index is 12.7. The highest BCUT2D eigenvalue weighted by Crippen LogP contribution is 2.23. The van der Waals surface area contributed by atoms with E-state index in [1.807, 2.05) is 0 Å². The van der Waals surface area contributed by atoms with E-state index in [4.69, 9.17) is 0 Å². The van der Waals surface area contributed by atoms with E-state index in [2.05, 4.69) is 4.98 Å². The van der Waals surface area contributed by atoms with Crippen molar-refractivity contribution in [2.45, 2.75) is 25.9 Å². The van der Waals surface area contributed by atoms with Gasteiger partial charge < -0.3 is 0 Å². The van der Waals surface area contributed by atoms with Crippen LogP contribution in [0.4, 0.5) is 13.2 Å². The van der Waals surface area contributed by atoms with Gasteiger partial charge in [0.05, 0.1) is 6.20 Å². The molecule has 0 aliphatic rings. The molecule has 0 aliphatic carbocycles. The normalized spacial score (nSPS) is 13.2. The minimum absolute atomic E-state index is 0. The summed E-state index contributed by atoms with van der Waals surface area (Å²) in [7, 11) is -5.52. The highest BCUT2D eigenvalue weighted by Gasteiger charge is 2.46. The minimum atomic E-state index is -5.52. The molecule has 0 aromatic carbocycles. The van der Waals surface area contributed by atoms with Crippen LogP contribution in [0.5, 0.6) is 0 Å². The van der Waals surface area contributed by atoms with Crippen molar-refractivity contribution in [3.63, 3.8) is 0 Å². The van der Waals surface area contributed by atoms with Gasteiger partial charge in [0.1, 0.15) is 16.7 Å². The number of pyridine rings is 1. The highest BCUT2D eigenvalue weighted by atomic mass is 35.5. The number of nitrogens with zero attached hydrogens (tertiary/aromatic N) is 3. The first-order valence-corrected chi connectivity index (χ1v) is 9.21. The zero-order valence-corrected chi connectivity index (χ0v) is 16.3. The Morgan fingerprint density at radius 2 is 1.71 bits per heavy atom. The van der Waals surface area contributed by atoms with Gasteiger partial charge >= 0.3 is 15.5 Å². The third kappa shape index (κ3) is 3.71. The maximum Gasteiger partial charge on any atom is 0.511 e. The quantitative estimate of drug-likeness (QED) is 0.645. The van der Waals surface area contributed by atoms with Gasteiger partial charge in [0.15, 0.2) is 0 Å². The van der Waals surface area contributed by atoms with E-state index in [1.165, 1.54) is 35.2 Å². The molecular weight excluding hydrogens is 425 g/mol. The molecule has 0 atom stereocenters. The van der Waals surface area contributed by atoms with Gasteiger partial charge in [-0.1, -0.05) is 19.9 Å². The second-order valence-electron chi connectivity index (χ2n) is 6.88. The maximum absolute atomic E-state index is 12.7. The summed E-state index contributed by atoms with van der Waals surface area (Å²) in [5, 5.41) is 0. The molecule has 1 N–H and O–H groups in total. The lowest BCUT2D eigenvalue weighted by atomic mass is 9.94. The summed E-state index contributed by atoms with van der Waals surface area (Å²) in [5.41, 5.74) is -7.14. The molecule has 0 fully saturated rings. The number of sulfonamides is 1. The Morgan fingerprint density at radius 3 is 2.32 bits per heavy atom. The molecule has 0 amide bonds. The van der Waals surface area contributed by atoms with Crippen LogP contribution in [0.15, 0.2) is 34.0 Å². The molecule has 0 saturated heterocycles. The Bertz CT molecular complexity index is 1230. The summed E-state index contributed by atoms with van der Waals surface area (Å²) in [6, 6.07) is 4.72. The van der Waals surface area contributed by atoms with Crippen LogP contribution in [0.2, 0.25) is 0 Å². The molecule has 13 heteroatoms. The van der Waals surface area contributed by atoms with Crippen LogP contribution >= 0.6 is 12.4 Å². The van der Waals surface area contributed by atoms with Crippen molar-refractivity contribution < 1.29 is 21.6 Å². The molecule has 3 aromatic heterocycles. The number of hydrogen-bond donors (Lipinski definition) is 1. The number of imidazole rings is 1. The third-order valence-electron chi connectivity index (χ3n) is 4.09. The smallest absolute Gasteiger partial charge is 0.283 e. The average Bonchev–Trinajstić information content (AvgIpc) is 2.99. The lowest BCUT2D eigenvalue weighted by Crippen LogP contribution is -2.45. The van der Waals surface area contributed by atoms with Crippen molar-refractivity contribution in [3.05, 3.63) is 45.1 Å². The zero-order valence-electron chi connectivity index (χ0n) is 14.6. The van der Waals surface area contributed by atoms with Crippen molar-refractivity contribution in [2.75, 3.05) is 6.54 Å². The summed E-state index contributed by atoms with van der Waals surface area (Å²) in [6.45, 7) is 1.99. The van der Waals surface area contributed by atoms with Crippen LogP contribution in [0.3, 0.4) is 0 Å². The van der Waals surface area contributed by atoms with E-state index in [9.17, 15) is 31.2 Å². The molecule has 3 aromatic rings. The Morgan fingerprint density at radius 1 is 1.11 bits per heavy atom. The van der Waals surface area contributed by atoms with Gasteiger partial charge in [-0.25, -0.2) is 18.1 Å². The van der Waals surface area contributed by atoms with Crippen molar-refractivity contribution in [2.24, 2.45) is 5.41 Å². The second kappa shape index (κ2) is 7.01. The topological polar surface area (TPSA) is 103 Å². The number of aromatic nitrogens is 3. The lowest BCUT2D eigenvalue weighted by molar-refractivity contribution is -0.0449. The van der Waals surface area contributed by atoms with E-state index in [-0.39, 0.29) is 30.0 Å². The minimum Gasteiger partial charge on any atom is -0.283 e. The predicted molar refractivity (Wildman–Crippen MR) is 98.4 cm³/mol. The first-order chi connectivity index (χ1) is 12.3. The molecule has 0 aliphatic heterocycles. The van der Waals surface area contributed by atoms with E-state index in [1.54, 1.807) is 12.1 Å². The van der Waals surface area contributed by atoms with Crippen LogP contribution in [-0.4, -0.2) is 34.4 Å². The summed E-state index contributed by atoms with van der Waals surface area (Å²) >= 11 is 0. The molecule has 0 unspecified atom stereocenters. The zero-order chi connectivity index (χ0) is 20.2. The van der Waals surface area contributed by atoms with Crippen LogP contribution < -0.4 is 15.8 Å². The molecule has 0 radical (unpaired) electrons. The standard InChI is InChI=1S/C15H15F3N4O4S.ClH/c1-14(2,7-20-27(25,26)15(16,17)18)8-21-12(23)9-4-3-5-11-19-6-10(13(21)24)22(9)11;/h3-6,20H,7-8H2,1-2H3;1H. The number of rotatable bonds is 5. The summed E-state index contributed by atoms with van der Waals surface area (Å²) in [5.74, 6) is 0. The monoisotopic (exact) mass is 440 g/mol. The molecule has 28 heavy (non-hydrogen) atoms. The van der Waals surface area contributed by atoms with Crippen LogP contribution in [0, 0.1) is 5.41 Å². The second-order valence-corrected chi connectivity index (χ2v) is 8.64. The van der Waals surface area contributed by atoms with Crippen LogP contribution in [0.25, 0.3) is 16.7 Å². The van der Waals surface area contributed by atoms with Crippen LogP contribution in [-0.2, 0) is 16.6 Å². The first kappa shape index (κ1) is 22.1. The Kier molecular flexibility index (Phi) is 5.54. The molecule has 0 spiro atoms. The van der Waals surface area contributed by atoms with Crippen molar-refractivity contribution in [3.8, 4) is 0 Å². The molecule has 3 rings (SSSR count). The summed E-state index contributed by atoms with van der Waals surface area (Å²) < 4.78 is 63.5. The largest absolute Gasteiger partial charge is 0.511 e. The number of hydrogen-bond acceptors (Lipinski definition) is 5. The van der Waals surface area contributed by atoms with E-state index < -0.39 is 38.6 Å². The third-order valence-corrected chi connectivity index (χ3v) is 5.22. The fourth-order valence-corrected chi connectivity index (χ4v) is 3.47. The Hall–Kier alpha value is -2.18. The Balaban J connectivity index is 0.00000280. The van der Waals surface area contributed by atoms with E-state index >= 15 is 0 Å². The number of halogens is 4. The Labute approximate surface area is 162 Å². The van der Waals surface area contributed by atoms with Gasteiger partial charge in [-0.15, -0.1) is 12.4 Å². The molecule has 0 saturated carbocycles. The van der Waals surface area contributed by atoms with Crippen molar-refractivity contribution in [1.29, 1.82) is 0 Å². The van der Waals surface area contributed by atoms with Crippen molar-refractivity contribution >= 4 is 39.1 Å². The lowest BCUT2D eigenvalue weighted by Gasteiger charge is -2.26. The van der Waals surface area contributed by atoms with Gasteiger partial charge in [0, 0.05) is 13.1 Å². The number of nitrogens with one attached hydrogen (secondary N) is 1. The van der Waals surface area contributed by atoms with Gasteiger partial charge in [0.2, 0.25) is 0 Å². The fraction of sp³-hybridized carbons (Fsp3) is 0.400. The van der Waals surface area contributed by atoms with Gasteiger partial charge in [-0.3, -0.25) is 18.6 Å². The van der Waals surface area contributed by atoms with Gasteiger partial charge in [-0.2, -0.15) is 13.2 Å². The number of alkyl halides is 3. The SMILES string of the molecule is CC(C)(CNS(=O)(=O)C(F)(F)F)Cn1c(=O)c2cccc3ncc(c1=O)n32.Cl. The highest BCUT2D eigenvalue weighted by molar-refractivity contribution is 7.90. The van der Waals surface area contributed by atoms with Gasteiger partial charge in [-0.05, 0) is 17.5 Å². The molecular formula is C15H16ClF3N4O4S. The summed E-state index contributed by atoms with van der Waals surface area (Å²) in [6.07, 6.45) is 1.31. The van der Waals surface area contributed by atoms with Crippen LogP contribution in [0.1, 0.15) is 13.8 Å².